The van der Waals surface area contributed by atoms with Crippen LogP contribution in [0.1, 0.15) is 112 Å². The van der Waals surface area contributed by atoms with Gasteiger partial charge < -0.3 is 4.74 Å². The highest BCUT2D eigenvalue weighted by molar-refractivity contribution is 5.88. The Morgan fingerprint density at radius 3 is 2.33 bits per heavy atom. The van der Waals surface area contributed by atoms with E-state index in [4.69, 9.17) is 4.74 Å². The summed E-state index contributed by atoms with van der Waals surface area (Å²) in [7, 11) is 0. The van der Waals surface area contributed by atoms with Gasteiger partial charge in [-0.1, -0.05) is 60.8 Å². The standard InChI is InChI=1S/C28H46O2/c1-18(2)8-7-9-19(3)25(4)14-11-21-20-10-17-28-24(30-28)23(29)13-16-27(28,6)22(20)12-15-26(21,25)5/h18-22,24H,7-17H2,1-6H3/t19-,20+,21+,22+,24-,25-,26+,27-,28-/m1/s1. The summed E-state index contributed by atoms with van der Waals surface area (Å²) >= 11 is 0. The zero-order valence-electron chi connectivity index (χ0n) is 20.6. The fourth-order valence-electron chi connectivity index (χ4n) is 9.76. The Morgan fingerprint density at radius 2 is 1.60 bits per heavy atom. The van der Waals surface area contributed by atoms with Gasteiger partial charge in [-0.15, -0.1) is 0 Å². The van der Waals surface area contributed by atoms with E-state index in [2.05, 4.69) is 41.5 Å². The summed E-state index contributed by atoms with van der Waals surface area (Å²) in [6.45, 7) is 15.2. The third-order valence-electron chi connectivity index (χ3n) is 12.1. The molecule has 1 heterocycles. The summed E-state index contributed by atoms with van der Waals surface area (Å²) in [5, 5.41) is 0. The molecule has 0 unspecified atom stereocenters. The molecule has 0 N–H and O–H groups in total. The Balaban J connectivity index is 1.36. The minimum Gasteiger partial charge on any atom is -0.357 e. The highest BCUT2D eigenvalue weighted by Crippen LogP contribution is 2.75. The smallest absolute Gasteiger partial charge is 0.164 e. The lowest BCUT2D eigenvalue weighted by molar-refractivity contribution is -0.139. The van der Waals surface area contributed by atoms with Crippen molar-refractivity contribution in [2.45, 2.75) is 124 Å². The molecule has 0 bridgehead atoms. The molecular formula is C28H46O2. The molecule has 5 rings (SSSR count). The predicted octanol–water partition coefficient (Wildman–Crippen LogP) is 7.20. The van der Waals surface area contributed by atoms with Crippen molar-refractivity contribution in [3.05, 3.63) is 0 Å². The number of rotatable bonds is 5. The van der Waals surface area contributed by atoms with Crippen LogP contribution in [0.25, 0.3) is 0 Å². The average Bonchev–Trinajstić information content (AvgIpc) is 3.38. The van der Waals surface area contributed by atoms with Gasteiger partial charge in [-0.25, -0.2) is 0 Å². The molecule has 5 aliphatic rings. The van der Waals surface area contributed by atoms with Crippen molar-refractivity contribution >= 4 is 5.78 Å². The van der Waals surface area contributed by atoms with E-state index >= 15 is 0 Å². The maximum atomic E-state index is 12.4. The number of carbonyl (C=O) groups excluding carboxylic acids is 1. The van der Waals surface area contributed by atoms with Gasteiger partial charge in [0.25, 0.3) is 0 Å². The van der Waals surface area contributed by atoms with Crippen LogP contribution < -0.4 is 0 Å². The molecular weight excluding hydrogens is 368 g/mol. The first-order valence-corrected chi connectivity index (χ1v) is 13.3. The zero-order valence-corrected chi connectivity index (χ0v) is 20.6. The van der Waals surface area contributed by atoms with E-state index in [0.717, 1.165) is 48.9 Å². The molecule has 1 aliphatic heterocycles. The highest BCUT2D eigenvalue weighted by atomic mass is 16.6. The topological polar surface area (TPSA) is 29.6 Å². The molecule has 0 amide bonds. The molecule has 0 aromatic heterocycles. The molecule has 2 heteroatoms. The Morgan fingerprint density at radius 1 is 0.900 bits per heavy atom. The number of Topliss-reactive ketones (excluding diaryl/α,β-unsaturated/α-hetero) is 1. The monoisotopic (exact) mass is 414 g/mol. The van der Waals surface area contributed by atoms with Crippen molar-refractivity contribution in [2.24, 2.45) is 45.8 Å². The van der Waals surface area contributed by atoms with E-state index in [1.165, 1.54) is 51.4 Å². The normalized spacial score (nSPS) is 53.0. The number of ether oxygens (including phenoxy) is 1. The second-order valence-electron chi connectivity index (χ2n) is 13.3. The van der Waals surface area contributed by atoms with Gasteiger partial charge in [0.1, 0.15) is 11.7 Å². The molecule has 1 saturated heterocycles. The number of epoxide rings is 1. The van der Waals surface area contributed by atoms with Crippen LogP contribution in [0.5, 0.6) is 0 Å². The van der Waals surface area contributed by atoms with Gasteiger partial charge in [0.2, 0.25) is 0 Å². The third kappa shape index (κ3) is 2.61. The van der Waals surface area contributed by atoms with E-state index in [0.29, 0.717) is 16.6 Å². The van der Waals surface area contributed by atoms with Crippen LogP contribution in [0.15, 0.2) is 0 Å². The van der Waals surface area contributed by atoms with E-state index in [1.54, 1.807) is 0 Å². The van der Waals surface area contributed by atoms with E-state index in [1.807, 2.05) is 0 Å². The zero-order chi connectivity index (χ0) is 21.5. The van der Waals surface area contributed by atoms with Gasteiger partial charge in [0.05, 0.1) is 0 Å². The predicted molar refractivity (Wildman–Crippen MR) is 122 cm³/mol. The first-order chi connectivity index (χ1) is 14.1. The summed E-state index contributed by atoms with van der Waals surface area (Å²) < 4.78 is 6.26. The lowest BCUT2D eigenvalue weighted by Gasteiger charge is -2.61. The number of hydrogen-bond acceptors (Lipinski definition) is 2. The minimum absolute atomic E-state index is 0.0414. The fraction of sp³-hybridized carbons (Fsp3) is 0.964. The van der Waals surface area contributed by atoms with Crippen molar-refractivity contribution in [2.75, 3.05) is 0 Å². The maximum Gasteiger partial charge on any atom is 0.164 e. The van der Waals surface area contributed by atoms with Crippen molar-refractivity contribution in [1.29, 1.82) is 0 Å². The highest BCUT2D eigenvalue weighted by Gasteiger charge is 2.76. The first kappa shape index (κ1) is 21.5. The fourth-order valence-corrected chi connectivity index (χ4v) is 9.76. The summed E-state index contributed by atoms with van der Waals surface area (Å²) in [5.41, 5.74) is 1.18. The first-order valence-electron chi connectivity index (χ1n) is 13.3. The van der Waals surface area contributed by atoms with E-state index < -0.39 is 0 Å². The molecule has 4 saturated carbocycles. The molecule has 0 radical (unpaired) electrons. The van der Waals surface area contributed by atoms with Crippen LogP contribution in [-0.4, -0.2) is 17.5 Å². The Hall–Kier alpha value is -0.370. The number of fused-ring (bicyclic) bond motifs is 4. The van der Waals surface area contributed by atoms with Crippen molar-refractivity contribution in [3.63, 3.8) is 0 Å². The van der Waals surface area contributed by atoms with Crippen LogP contribution in [0.3, 0.4) is 0 Å². The van der Waals surface area contributed by atoms with E-state index in [9.17, 15) is 4.79 Å². The van der Waals surface area contributed by atoms with Crippen molar-refractivity contribution in [1.82, 2.24) is 0 Å². The van der Waals surface area contributed by atoms with Crippen LogP contribution in [0.2, 0.25) is 0 Å². The van der Waals surface area contributed by atoms with Gasteiger partial charge in [-0.2, -0.15) is 0 Å². The van der Waals surface area contributed by atoms with Crippen LogP contribution in [-0.2, 0) is 9.53 Å². The van der Waals surface area contributed by atoms with Gasteiger partial charge in [0, 0.05) is 11.8 Å². The minimum atomic E-state index is -0.0662. The molecule has 0 aromatic rings. The van der Waals surface area contributed by atoms with Gasteiger partial charge >= 0.3 is 0 Å². The van der Waals surface area contributed by atoms with Crippen molar-refractivity contribution in [3.8, 4) is 0 Å². The van der Waals surface area contributed by atoms with Gasteiger partial charge in [-0.05, 0) is 85.4 Å². The molecule has 1 spiro atoms. The summed E-state index contributed by atoms with van der Waals surface area (Å²) in [6.07, 6.45) is 14.1. The van der Waals surface area contributed by atoms with Crippen LogP contribution >= 0.6 is 0 Å². The van der Waals surface area contributed by atoms with Crippen molar-refractivity contribution < 1.29 is 9.53 Å². The molecule has 30 heavy (non-hydrogen) atoms. The van der Waals surface area contributed by atoms with Gasteiger partial charge in [-0.3, -0.25) is 4.79 Å². The number of carbonyl (C=O) groups is 1. The third-order valence-corrected chi connectivity index (χ3v) is 12.1. The van der Waals surface area contributed by atoms with Crippen LogP contribution in [0.4, 0.5) is 0 Å². The Labute approximate surface area is 185 Å². The molecule has 0 aromatic carbocycles. The van der Waals surface area contributed by atoms with E-state index in [-0.39, 0.29) is 17.1 Å². The molecule has 2 nitrogen and oxygen atoms in total. The van der Waals surface area contributed by atoms with Crippen LogP contribution in [0, 0.1) is 45.8 Å². The quantitative estimate of drug-likeness (QED) is 0.445. The van der Waals surface area contributed by atoms with Gasteiger partial charge in [0.15, 0.2) is 5.78 Å². The second kappa shape index (κ2) is 6.82. The molecule has 9 atom stereocenters. The lowest BCUT2D eigenvalue weighted by Crippen LogP contribution is -2.59. The molecule has 5 fully saturated rings. The number of ketones is 1. The maximum absolute atomic E-state index is 12.4. The Bertz CT molecular complexity index is 713. The SMILES string of the molecule is CC(C)CCC[C@@H](C)[C@@]1(C)CC[C@H]2[C@@H]3CC[C@@]45O[C@@H]4C(=O)CC[C@]5(C)[C@H]3CC[C@@]21C. The Kier molecular flexibility index (Phi) is 4.88. The average molecular weight is 415 g/mol. The molecule has 170 valence electrons. The lowest BCUT2D eigenvalue weighted by atomic mass is 9.42. The number of hydrogen-bond donors (Lipinski definition) is 0. The molecule has 4 aliphatic carbocycles. The second-order valence-corrected chi connectivity index (χ2v) is 13.3. The summed E-state index contributed by atoms with van der Waals surface area (Å²) in [6, 6.07) is 0. The summed E-state index contributed by atoms with van der Waals surface area (Å²) in [5.74, 6) is 4.59. The largest absolute Gasteiger partial charge is 0.357 e. The summed E-state index contributed by atoms with van der Waals surface area (Å²) in [4.78, 5) is 12.4.